The summed E-state index contributed by atoms with van der Waals surface area (Å²) in [5.74, 6) is -0.00649. The molecule has 0 amide bonds. The van der Waals surface area contributed by atoms with Crippen LogP contribution in [0.4, 0.5) is 0 Å². The lowest BCUT2D eigenvalue weighted by Crippen LogP contribution is -2.42. The summed E-state index contributed by atoms with van der Waals surface area (Å²) in [6.07, 6.45) is 1.05. The van der Waals surface area contributed by atoms with Gasteiger partial charge in [-0.25, -0.2) is 4.79 Å². The summed E-state index contributed by atoms with van der Waals surface area (Å²) in [6, 6.07) is 2.50. The third-order valence-corrected chi connectivity index (χ3v) is 7.24. The van der Waals surface area contributed by atoms with Crippen LogP contribution in [0.3, 0.4) is 0 Å². The van der Waals surface area contributed by atoms with Gasteiger partial charge in [0.1, 0.15) is 14.5 Å². The van der Waals surface area contributed by atoms with Crippen molar-refractivity contribution in [1.29, 1.82) is 0 Å². The molecular weight excluding hydrogens is 375 g/mol. The van der Waals surface area contributed by atoms with Gasteiger partial charge in [0.2, 0.25) is 0 Å². The maximum Gasteiger partial charge on any atom is 0.349 e. The molecule has 160 valence electrons. The molecule has 2 heterocycles. The van der Waals surface area contributed by atoms with Gasteiger partial charge in [0.15, 0.2) is 0 Å². The number of likely N-dealkylation sites (N-methyl/N-ethyl adjacent to an activating group) is 1. The molecule has 1 aliphatic rings. The number of hydrogen-bond acceptors (Lipinski definition) is 6. The minimum Gasteiger partial charge on any atom is -0.350 e. The van der Waals surface area contributed by atoms with E-state index >= 15 is 0 Å². The molecule has 3 unspecified atom stereocenters. The maximum atomic E-state index is 12.4. The van der Waals surface area contributed by atoms with E-state index in [1.54, 1.807) is 24.6 Å². The van der Waals surface area contributed by atoms with Crippen LogP contribution in [0.5, 0.6) is 0 Å². The van der Waals surface area contributed by atoms with Crippen LogP contribution < -0.4 is 11.0 Å². The van der Waals surface area contributed by atoms with Crippen molar-refractivity contribution in [3.8, 4) is 0 Å². The smallest absolute Gasteiger partial charge is 0.349 e. The molecule has 7 nitrogen and oxygen atoms in total. The topological polar surface area (TPSA) is 68.6 Å². The summed E-state index contributed by atoms with van der Waals surface area (Å²) in [7, 11) is -0.774. The highest BCUT2D eigenvalue weighted by molar-refractivity contribution is 7.49. The van der Waals surface area contributed by atoms with Crippen LogP contribution in [-0.4, -0.2) is 58.2 Å². The van der Waals surface area contributed by atoms with Crippen LogP contribution in [0.2, 0.25) is 0 Å². The predicted molar refractivity (Wildman–Crippen MR) is 115 cm³/mol. The molecule has 1 aromatic rings. The zero-order chi connectivity index (χ0) is 21.9. The molecule has 0 bridgehead atoms. The van der Waals surface area contributed by atoms with Crippen molar-refractivity contribution >= 4 is 8.30 Å². The monoisotopic (exact) mass is 414 g/mol. The molecule has 0 spiro atoms. The Morgan fingerprint density at radius 2 is 2.07 bits per heavy atom. The quantitative estimate of drug-likeness (QED) is 0.626. The Bertz CT molecular complexity index is 707. The van der Waals surface area contributed by atoms with Crippen LogP contribution in [0.25, 0.3) is 0 Å². The van der Waals surface area contributed by atoms with Crippen molar-refractivity contribution in [1.82, 2.24) is 19.5 Å². The van der Waals surface area contributed by atoms with Gasteiger partial charge in [-0.15, -0.1) is 0 Å². The molecule has 28 heavy (non-hydrogen) atoms. The van der Waals surface area contributed by atoms with Crippen molar-refractivity contribution in [2.24, 2.45) is 5.92 Å². The Kier molecular flexibility index (Phi) is 8.01. The molecule has 6 atom stereocenters. The van der Waals surface area contributed by atoms with Gasteiger partial charge in [-0.3, -0.25) is 9.24 Å². The number of ether oxygens (including phenoxy) is 1. The number of rotatable bonds is 9. The number of aromatic nitrogens is 2. The van der Waals surface area contributed by atoms with Crippen molar-refractivity contribution in [2.75, 3.05) is 19.8 Å². The van der Waals surface area contributed by atoms with E-state index in [0.717, 1.165) is 0 Å². The second-order valence-corrected chi connectivity index (χ2v) is 9.64. The third kappa shape index (κ3) is 5.39. The molecule has 1 N–H and O–H groups in total. The highest BCUT2D eigenvalue weighted by atomic mass is 31.2. The minimum absolute atomic E-state index is 0.00649. The van der Waals surface area contributed by atoms with Crippen molar-refractivity contribution in [2.45, 2.75) is 78.9 Å². The van der Waals surface area contributed by atoms with Crippen LogP contribution in [0, 0.1) is 12.8 Å². The normalized spacial score (nSPS) is 28.2. The predicted octanol–water partition coefficient (Wildman–Crippen LogP) is 3.14. The molecule has 0 aromatic carbocycles. The van der Waals surface area contributed by atoms with Gasteiger partial charge < -0.3 is 14.6 Å². The zero-order valence-electron chi connectivity index (χ0n) is 19.4. The van der Waals surface area contributed by atoms with Gasteiger partial charge in [0.25, 0.3) is 0 Å². The number of nitrogens with one attached hydrogen (secondary N) is 1. The minimum atomic E-state index is -0.774. The second-order valence-electron chi connectivity index (χ2n) is 7.99. The molecule has 1 saturated heterocycles. The molecule has 0 saturated carbocycles. The van der Waals surface area contributed by atoms with Crippen LogP contribution in [-0.2, 0) is 9.26 Å². The molecular formula is C20H37N4O3P. The van der Waals surface area contributed by atoms with Crippen molar-refractivity contribution in [3.63, 3.8) is 0 Å². The van der Waals surface area contributed by atoms with Crippen LogP contribution in [0.15, 0.2) is 17.1 Å². The Morgan fingerprint density at radius 3 is 2.61 bits per heavy atom. The number of hydrogen-bond donors (Lipinski definition) is 1. The largest absolute Gasteiger partial charge is 0.350 e. The van der Waals surface area contributed by atoms with E-state index in [-0.39, 0.29) is 23.8 Å². The van der Waals surface area contributed by atoms with E-state index in [1.807, 2.05) is 13.0 Å². The van der Waals surface area contributed by atoms with Crippen molar-refractivity contribution < 1.29 is 10.6 Å². The van der Waals surface area contributed by atoms with Gasteiger partial charge >= 0.3 is 5.69 Å². The Hall–Kier alpha value is -0.850. The summed E-state index contributed by atoms with van der Waals surface area (Å²) >= 11 is 0. The van der Waals surface area contributed by atoms with Crippen LogP contribution >= 0.6 is 8.30 Å². The lowest BCUT2D eigenvalue weighted by molar-refractivity contribution is -0.0314. The van der Waals surface area contributed by atoms with Crippen molar-refractivity contribution in [3.05, 3.63) is 28.4 Å². The summed E-state index contributed by atoms with van der Waals surface area (Å²) < 4.78 is 24.4. The first-order valence-electron chi connectivity index (χ1n) is 10.6. The van der Waals surface area contributed by atoms with E-state index in [2.05, 4.69) is 49.3 Å². The fourth-order valence-electron chi connectivity index (χ4n) is 4.00. The zero-order valence-corrected chi connectivity index (χ0v) is 19.3. The molecule has 0 aliphatic carbocycles. The van der Waals surface area contributed by atoms with E-state index in [1.165, 1.54) is 0 Å². The van der Waals surface area contributed by atoms with Crippen LogP contribution in [0.1, 0.15) is 54.8 Å². The van der Waals surface area contributed by atoms with Gasteiger partial charge in [-0.05, 0) is 53.9 Å². The van der Waals surface area contributed by atoms with Gasteiger partial charge in [-0.1, -0.05) is 13.8 Å². The van der Waals surface area contributed by atoms with E-state index in [9.17, 15) is 4.79 Å². The van der Waals surface area contributed by atoms with Gasteiger partial charge in [-0.2, -0.15) is 4.98 Å². The first kappa shape index (κ1) is 21.8. The Morgan fingerprint density at radius 1 is 1.43 bits per heavy atom. The summed E-state index contributed by atoms with van der Waals surface area (Å²) in [6.45, 7) is 16.4. The first-order valence-corrected chi connectivity index (χ1v) is 11.7. The fourth-order valence-corrected chi connectivity index (χ4v) is 5.80. The fraction of sp³-hybridized carbons (Fsp3) is 0.800. The van der Waals surface area contributed by atoms with Gasteiger partial charge in [0.05, 0.1) is 12.7 Å². The van der Waals surface area contributed by atoms with E-state index < -0.39 is 21.0 Å². The number of nitrogens with zero attached hydrogens (tertiary/aromatic N) is 3. The lowest BCUT2D eigenvalue weighted by Gasteiger charge is -2.36. The molecule has 8 heteroatoms. The summed E-state index contributed by atoms with van der Waals surface area (Å²) in [5, 5.41) is 3.29. The van der Waals surface area contributed by atoms with E-state index in [0.29, 0.717) is 24.4 Å². The molecule has 0 radical (unpaired) electrons. The summed E-state index contributed by atoms with van der Waals surface area (Å²) in [5.41, 5.74) is 0.370. The molecule has 1 aromatic heterocycles. The third-order valence-electron chi connectivity index (χ3n) is 5.14. The highest BCUT2D eigenvalue weighted by Crippen LogP contribution is 2.42. The van der Waals surface area contributed by atoms with Gasteiger partial charge in [0, 0.05) is 37.3 Å². The average Bonchev–Trinajstić information content (AvgIpc) is 2.88. The molecule has 1 aliphatic heterocycles. The number of aryl methyl sites for hydroxylation is 1. The second kappa shape index (κ2) is 10.3. The average molecular weight is 415 g/mol. The summed E-state index contributed by atoms with van der Waals surface area (Å²) in [4.78, 5) is 16.4. The van der Waals surface area contributed by atoms with E-state index in [4.69, 9.17) is 10.6 Å². The molecule has 2 rings (SSSR count). The molecule has 1 fully saturated rings. The first-order chi connectivity index (χ1) is 13.5. The lowest BCUT2D eigenvalue weighted by atomic mass is 9.99. The highest BCUT2D eigenvalue weighted by Gasteiger charge is 2.43. The maximum absolute atomic E-state index is 12.4. The standard InChI is InChI=1S/C20H37N4O3P/c1-9-21-18-16(7)19(23-11-10-15(6)22-20(23)25)27-17(18)12-26-28(8)24(13(2)3)14(4)5/h10-11,13-14,16-19,21H,9,12H2,1-8H3/t16-,17+,18?,19+,28?/m0/s1/i9T/t9?,16-,17+,18?,19+,28?. The Balaban J connectivity index is 2.17. The SMILES string of the molecule is [3H]C(C)NC1[C@@H](COP(C)N(C(C)C)C(C)C)O[C@@H](n2ccc(C)nc2=O)[C@H]1C. The Labute approximate surface area is 172 Å².